The number of anilines is 1. The molecule has 2 aromatic rings. The number of rotatable bonds is 2. The minimum Gasteiger partial charge on any atom is -0.382 e. The molecule has 2 N–H and O–H groups in total. The Morgan fingerprint density at radius 2 is 2.28 bits per heavy atom. The molecular formula is C12H18N6. The highest BCUT2D eigenvalue weighted by Crippen LogP contribution is 2.34. The van der Waals surface area contributed by atoms with Crippen molar-refractivity contribution in [3.8, 4) is 0 Å². The van der Waals surface area contributed by atoms with E-state index in [4.69, 9.17) is 5.73 Å². The Kier molecular flexibility index (Phi) is 2.85. The molecule has 2 unspecified atom stereocenters. The lowest BCUT2D eigenvalue weighted by Gasteiger charge is -2.28. The van der Waals surface area contributed by atoms with Gasteiger partial charge < -0.3 is 5.73 Å². The molecule has 0 bridgehead atoms. The van der Waals surface area contributed by atoms with Crippen LogP contribution in [0.1, 0.15) is 45.1 Å². The SMILES string of the molecule is CCC1CCCC(n2nnc3c(N)ncnc32)C1. The predicted molar refractivity (Wildman–Crippen MR) is 68.8 cm³/mol. The van der Waals surface area contributed by atoms with Gasteiger partial charge in [-0.25, -0.2) is 14.6 Å². The molecular weight excluding hydrogens is 228 g/mol. The zero-order valence-corrected chi connectivity index (χ0v) is 10.6. The Labute approximate surface area is 106 Å². The summed E-state index contributed by atoms with van der Waals surface area (Å²) >= 11 is 0. The Hall–Kier alpha value is -1.72. The Bertz CT molecular complexity index is 548. The second-order valence-corrected chi connectivity index (χ2v) is 5.06. The molecule has 96 valence electrons. The molecule has 1 fully saturated rings. The fourth-order valence-electron chi connectivity index (χ4n) is 2.88. The van der Waals surface area contributed by atoms with Crippen molar-refractivity contribution < 1.29 is 0 Å². The highest BCUT2D eigenvalue weighted by atomic mass is 15.5. The molecule has 2 heterocycles. The zero-order chi connectivity index (χ0) is 12.5. The van der Waals surface area contributed by atoms with E-state index in [0.29, 0.717) is 17.4 Å². The predicted octanol–water partition coefficient (Wildman–Crippen LogP) is 1.94. The van der Waals surface area contributed by atoms with Crippen LogP contribution in [-0.2, 0) is 0 Å². The van der Waals surface area contributed by atoms with Gasteiger partial charge in [-0.15, -0.1) is 5.10 Å². The zero-order valence-electron chi connectivity index (χ0n) is 10.6. The van der Waals surface area contributed by atoms with E-state index in [1.54, 1.807) is 0 Å². The smallest absolute Gasteiger partial charge is 0.184 e. The normalized spacial score (nSPS) is 24.5. The van der Waals surface area contributed by atoms with Crippen LogP contribution < -0.4 is 5.73 Å². The van der Waals surface area contributed by atoms with Gasteiger partial charge in [0.1, 0.15) is 6.33 Å². The third kappa shape index (κ3) is 1.81. The van der Waals surface area contributed by atoms with Gasteiger partial charge in [-0.2, -0.15) is 0 Å². The van der Waals surface area contributed by atoms with Gasteiger partial charge in [-0.3, -0.25) is 0 Å². The number of nitrogen functional groups attached to an aromatic ring is 1. The van der Waals surface area contributed by atoms with Crippen molar-refractivity contribution in [2.24, 2.45) is 5.92 Å². The van der Waals surface area contributed by atoms with E-state index < -0.39 is 0 Å². The first-order valence-corrected chi connectivity index (χ1v) is 6.61. The van der Waals surface area contributed by atoms with E-state index in [0.717, 1.165) is 18.0 Å². The molecule has 1 aliphatic rings. The first kappa shape index (κ1) is 11.4. The maximum Gasteiger partial charge on any atom is 0.184 e. The van der Waals surface area contributed by atoms with Crippen LogP contribution in [-0.4, -0.2) is 25.0 Å². The highest BCUT2D eigenvalue weighted by molar-refractivity contribution is 5.80. The van der Waals surface area contributed by atoms with Gasteiger partial charge in [0.25, 0.3) is 0 Å². The van der Waals surface area contributed by atoms with Crippen molar-refractivity contribution in [1.82, 2.24) is 25.0 Å². The summed E-state index contributed by atoms with van der Waals surface area (Å²) in [5.41, 5.74) is 7.17. The van der Waals surface area contributed by atoms with Gasteiger partial charge in [0.05, 0.1) is 6.04 Å². The minimum atomic E-state index is 0.406. The van der Waals surface area contributed by atoms with Crippen molar-refractivity contribution in [3.05, 3.63) is 6.33 Å². The molecule has 18 heavy (non-hydrogen) atoms. The fraction of sp³-hybridized carbons (Fsp3) is 0.667. The summed E-state index contributed by atoms with van der Waals surface area (Å²) in [6, 6.07) is 0.406. The van der Waals surface area contributed by atoms with Crippen LogP contribution in [0.2, 0.25) is 0 Å². The van der Waals surface area contributed by atoms with Crippen molar-refractivity contribution in [2.45, 2.75) is 45.1 Å². The van der Waals surface area contributed by atoms with Gasteiger partial charge in [0.15, 0.2) is 17.0 Å². The molecule has 2 atom stereocenters. The Balaban J connectivity index is 1.96. The standard InChI is InChI=1S/C12H18N6/c1-2-8-4-3-5-9(6-8)18-12-10(16-17-18)11(13)14-7-15-12/h7-9H,2-6H2,1H3,(H2,13,14,15). The Morgan fingerprint density at radius 3 is 3.11 bits per heavy atom. The van der Waals surface area contributed by atoms with Crippen LogP contribution >= 0.6 is 0 Å². The number of nitrogens with zero attached hydrogens (tertiary/aromatic N) is 5. The molecule has 1 aliphatic carbocycles. The second kappa shape index (κ2) is 4.51. The molecule has 0 saturated heterocycles. The number of fused-ring (bicyclic) bond motifs is 1. The maximum absolute atomic E-state index is 5.79. The van der Waals surface area contributed by atoms with Crippen LogP contribution in [0.5, 0.6) is 0 Å². The first-order valence-electron chi connectivity index (χ1n) is 6.61. The largest absolute Gasteiger partial charge is 0.382 e. The summed E-state index contributed by atoms with van der Waals surface area (Å²) in [6.07, 6.45) is 7.62. The van der Waals surface area contributed by atoms with E-state index in [1.165, 1.54) is 32.0 Å². The summed E-state index contributed by atoms with van der Waals surface area (Å²) in [5, 5.41) is 8.34. The number of aromatic nitrogens is 5. The lowest BCUT2D eigenvalue weighted by molar-refractivity contribution is 0.249. The molecule has 6 nitrogen and oxygen atoms in total. The molecule has 0 amide bonds. The fourth-order valence-corrected chi connectivity index (χ4v) is 2.88. The van der Waals surface area contributed by atoms with Crippen molar-refractivity contribution in [3.63, 3.8) is 0 Å². The van der Waals surface area contributed by atoms with Crippen LogP contribution in [0.3, 0.4) is 0 Å². The van der Waals surface area contributed by atoms with Gasteiger partial charge >= 0.3 is 0 Å². The summed E-state index contributed by atoms with van der Waals surface area (Å²) in [5.74, 6) is 1.20. The average Bonchev–Trinajstić information content (AvgIpc) is 2.84. The van der Waals surface area contributed by atoms with Crippen molar-refractivity contribution in [1.29, 1.82) is 0 Å². The molecule has 0 radical (unpaired) electrons. The van der Waals surface area contributed by atoms with Crippen LogP contribution in [0.4, 0.5) is 5.82 Å². The van der Waals surface area contributed by atoms with Crippen molar-refractivity contribution >= 4 is 17.0 Å². The van der Waals surface area contributed by atoms with Gasteiger partial charge in [-0.1, -0.05) is 31.4 Å². The summed E-state index contributed by atoms with van der Waals surface area (Å²) < 4.78 is 1.94. The van der Waals surface area contributed by atoms with Gasteiger partial charge in [0, 0.05) is 0 Å². The quantitative estimate of drug-likeness (QED) is 0.875. The molecule has 3 rings (SSSR count). The molecule has 0 spiro atoms. The molecule has 2 aromatic heterocycles. The third-order valence-electron chi connectivity index (χ3n) is 3.97. The second-order valence-electron chi connectivity index (χ2n) is 5.06. The van der Waals surface area contributed by atoms with E-state index >= 15 is 0 Å². The number of hydrogen-bond acceptors (Lipinski definition) is 5. The maximum atomic E-state index is 5.79. The monoisotopic (exact) mass is 246 g/mol. The lowest BCUT2D eigenvalue weighted by Crippen LogP contribution is -2.20. The topological polar surface area (TPSA) is 82.5 Å². The average molecular weight is 246 g/mol. The van der Waals surface area contributed by atoms with Crippen LogP contribution in [0, 0.1) is 5.92 Å². The first-order chi connectivity index (χ1) is 8.79. The van der Waals surface area contributed by atoms with E-state index in [2.05, 4.69) is 27.2 Å². The highest BCUT2D eigenvalue weighted by Gasteiger charge is 2.25. The van der Waals surface area contributed by atoms with Crippen LogP contribution in [0.25, 0.3) is 11.2 Å². The van der Waals surface area contributed by atoms with Gasteiger partial charge in [0.2, 0.25) is 0 Å². The Morgan fingerprint density at radius 1 is 1.39 bits per heavy atom. The summed E-state index contributed by atoms with van der Waals surface area (Å²) in [7, 11) is 0. The van der Waals surface area contributed by atoms with Gasteiger partial charge in [-0.05, 0) is 18.8 Å². The molecule has 0 aromatic carbocycles. The van der Waals surface area contributed by atoms with E-state index in [9.17, 15) is 0 Å². The molecule has 0 aliphatic heterocycles. The molecule has 1 saturated carbocycles. The van der Waals surface area contributed by atoms with Crippen molar-refractivity contribution in [2.75, 3.05) is 5.73 Å². The number of hydrogen-bond donors (Lipinski definition) is 1. The molecule has 6 heteroatoms. The van der Waals surface area contributed by atoms with E-state index in [1.807, 2.05) is 4.68 Å². The third-order valence-corrected chi connectivity index (χ3v) is 3.97. The minimum absolute atomic E-state index is 0.406. The van der Waals surface area contributed by atoms with E-state index in [-0.39, 0.29) is 0 Å². The summed E-state index contributed by atoms with van der Waals surface area (Å²) in [4.78, 5) is 8.22. The summed E-state index contributed by atoms with van der Waals surface area (Å²) in [6.45, 7) is 2.26. The number of nitrogens with two attached hydrogens (primary N) is 1. The van der Waals surface area contributed by atoms with Crippen LogP contribution in [0.15, 0.2) is 6.33 Å². The lowest BCUT2D eigenvalue weighted by atomic mass is 9.84.